The first kappa shape index (κ1) is 14.6. The zero-order valence-electron chi connectivity index (χ0n) is 10.5. The molecule has 100 valence electrons. The number of carbonyl (C=O) groups is 2. The molecule has 6 nitrogen and oxygen atoms in total. The maximum atomic E-state index is 11.8. The summed E-state index contributed by atoms with van der Waals surface area (Å²) in [6.07, 6.45) is 1.35. The van der Waals surface area contributed by atoms with Gasteiger partial charge in [-0.25, -0.2) is 0 Å². The molecule has 18 heavy (non-hydrogen) atoms. The molecule has 7 heteroatoms. The Kier molecular flexibility index (Phi) is 5.70. The van der Waals surface area contributed by atoms with Crippen LogP contribution in [0, 0.1) is 0 Å². The average Bonchev–Trinajstić information content (AvgIpc) is 2.76. The van der Waals surface area contributed by atoms with Crippen LogP contribution in [-0.2, 0) is 4.79 Å². The molecule has 0 aliphatic carbocycles. The molecule has 0 unspecified atom stereocenters. The molecule has 0 saturated heterocycles. The molecule has 0 aliphatic heterocycles. The summed E-state index contributed by atoms with van der Waals surface area (Å²) in [7, 11) is 0. The van der Waals surface area contributed by atoms with Crippen LogP contribution in [-0.4, -0.2) is 33.1 Å². The zero-order valence-corrected chi connectivity index (χ0v) is 11.3. The Morgan fingerprint density at radius 1 is 1.39 bits per heavy atom. The lowest BCUT2D eigenvalue weighted by atomic mass is 10.1. The third-order valence-corrected chi connectivity index (χ3v) is 3.11. The van der Waals surface area contributed by atoms with Gasteiger partial charge in [-0.15, -0.1) is 5.10 Å². The second-order valence-corrected chi connectivity index (χ2v) is 5.00. The molecule has 0 radical (unpaired) electrons. The molecular weight excluding hydrogens is 254 g/mol. The highest BCUT2D eigenvalue weighted by atomic mass is 32.1. The predicted octanol–water partition coefficient (Wildman–Crippen LogP) is 1.65. The molecule has 0 bridgehead atoms. The largest absolute Gasteiger partial charge is 0.481 e. The number of carboxylic acids is 1. The number of hydrogen-bond donors (Lipinski definition) is 2. The molecule has 1 heterocycles. The average molecular weight is 271 g/mol. The second-order valence-electron chi connectivity index (χ2n) is 4.25. The fourth-order valence-electron chi connectivity index (χ4n) is 1.42. The maximum absolute atomic E-state index is 11.8. The molecule has 2 N–H and O–H groups in total. The molecule has 0 atom stereocenters. The van der Waals surface area contributed by atoms with Crippen LogP contribution in [0.2, 0.25) is 0 Å². The molecule has 0 aliphatic rings. The van der Waals surface area contributed by atoms with Gasteiger partial charge in [0.05, 0.1) is 5.69 Å². The van der Waals surface area contributed by atoms with E-state index in [-0.39, 0.29) is 18.2 Å². The number of amides is 1. The van der Waals surface area contributed by atoms with E-state index in [1.165, 1.54) is 0 Å². The van der Waals surface area contributed by atoms with E-state index in [9.17, 15) is 9.59 Å². The third kappa shape index (κ3) is 4.40. The summed E-state index contributed by atoms with van der Waals surface area (Å²) in [6, 6.07) is 0. The number of hydrogen-bond acceptors (Lipinski definition) is 5. The summed E-state index contributed by atoms with van der Waals surface area (Å²) in [5, 5.41) is 15.2. The Hall–Kier alpha value is -1.50. The van der Waals surface area contributed by atoms with E-state index in [1.807, 2.05) is 13.8 Å². The van der Waals surface area contributed by atoms with Crippen LogP contribution in [0.5, 0.6) is 0 Å². The lowest BCUT2D eigenvalue weighted by Crippen LogP contribution is -2.24. The first-order valence-corrected chi connectivity index (χ1v) is 6.62. The number of nitrogens with zero attached hydrogens (tertiary/aromatic N) is 2. The van der Waals surface area contributed by atoms with Gasteiger partial charge in [-0.1, -0.05) is 18.3 Å². The molecule has 1 aromatic heterocycles. The van der Waals surface area contributed by atoms with Gasteiger partial charge in [-0.3, -0.25) is 9.59 Å². The van der Waals surface area contributed by atoms with Gasteiger partial charge in [0, 0.05) is 13.0 Å². The second kappa shape index (κ2) is 7.05. The fraction of sp³-hybridized carbons (Fsp3) is 0.636. The summed E-state index contributed by atoms with van der Waals surface area (Å²) in [5.74, 6) is -0.824. The van der Waals surface area contributed by atoms with E-state index < -0.39 is 5.97 Å². The van der Waals surface area contributed by atoms with Gasteiger partial charge in [0.2, 0.25) is 0 Å². The zero-order chi connectivity index (χ0) is 13.5. The summed E-state index contributed by atoms with van der Waals surface area (Å²) >= 11 is 1.09. The van der Waals surface area contributed by atoms with Gasteiger partial charge < -0.3 is 10.4 Å². The number of aliphatic carboxylic acids is 1. The number of unbranched alkanes of at least 4 members (excludes halogenated alkanes) is 1. The van der Waals surface area contributed by atoms with E-state index in [1.54, 1.807) is 0 Å². The SMILES string of the molecule is CC(C)c1nnsc1C(=O)NCCCCC(=O)O. The normalized spacial score (nSPS) is 10.6. The van der Waals surface area contributed by atoms with Crippen molar-refractivity contribution in [2.75, 3.05) is 6.54 Å². The monoisotopic (exact) mass is 271 g/mol. The summed E-state index contributed by atoms with van der Waals surface area (Å²) in [5.41, 5.74) is 0.711. The quantitative estimate of drug-likeness (QED) is 0.735. The Bertz CT molecular complexity index is 417. The van der Waals surface area contributed by atoms with Crippen molar-refractivity contribution in [3.05, 3.63) is 10.6 Å². The van der Waals surface area contributed by atoms with Crippen LogP contribution in [0.25, 0.3) is 0 Å². The number of carbonyl (C=O) groups excluding carboxylic acids is 1. The van der Waals surface area contributed by atoms with Crippen molar-refractivity contribution in [2.24, 2.45) is 0 Å². The summed E-state index contributed by atoms with van der Waals surface area (Å²) in [6.45, 7) is 4.39. The van der Waals surface area contributed by atoms with Crippen LogP contribution in [0.1, 0.15) is 54.4 Å². The minimum Gasteiger partial charge on any atom is -0.481 e. The minimum absolute atomic E-state index is 0.134. The van der Waals surface area contributed by atoms with Crippen LogP contribution in [0.3, 0.4) is 0 Å². The summed E-state index contributed by atoms with van der Waals surface area (Å²) < 4.78 is 3.79. The lowest BCUT2D eigenvalue weighted by molar-refractivity contribution is -0.137. The highest BCUT2D eigenvalue weighted by Gasteiger charge is 2.17. The number of carboxylic acid groups (broad SMARTS) is 1. The summed E-state index contributed by atoms with van der Waals surface area (Å²) in [4.78, 5) is 22.7. The third-order valence-electron chi connectivity index (χ3n) is 2.37. The van der Waals surface area contributed by atoms with Crippen molar-refractivity contribution in [3.63, 3.8) is 0 Å². The van der Waals surface area contributed by atoms with Crippen molar-refractivity contribution in [2.45, 2.75) is 39.0 Å². The molecule has 0 fully saturated rings. The van der Waals surface area contributed by atoms with E-state index in [4.69, 9.17) is 5.11 Å². The van der Waals surface area contributed by atoms with E-state index in [0.717, 1.165) is 11.5 Å². The van der Waals surface area contributed by atoms with E-state index in [0.29, 0.717) is 30.0 Å². The number of rotatable bonds is 7. The van der Waals surface area contributed by atoms with Crippen molar-refractivity contribution in [1.29, 1.82) is 0 Å². The maximum Gasteiger partial charge on any atom is 0.303 e. The smallest absolute Gasteiger partial charge is 0.303 e. The molecule has 0 aromatic carbocycles. The number of nitrogens with one attached hydrogen (secondary N) is 1. The van der Waals surface area contributed by atoms with Crippen molar-refractivity contribution in [1.82, 2.24) is 14.9 Å². The Balaban J connectivity index is 2.36. The molecule has 0 spiro atoms. The standard InChI is InChI=1S/C11H17N3O3S/c1-7(2)9-10(18-14-13-9)11(17)12-6-4-3-5-8(15)16/h7H,3-6H2,1-2H3,(H,12,17)(H,15,16). The molecule has 0 saturated carbocycles. The van der Waals surface area contributed by atoms with Crippen molar-refractivity contribution in [3.8, 4) is 0 Å². The minimum atomic E-state index is -0.810. The van der Waals surface area contributed by atoms with Crippen LogP contribution in [0.15, 0.2) is 0 Å². The fourth-order valence-corrected chi connectivity index (χ4v) is 2.15. The van der Waals surface area contributed by atoms with Crippen molar-refractivity contribution < 1.29 is 14.7 Å². The van der Waals surface area contributed by atoms with Gasteiger partial charge in [-0.05, 0) is 30.3 Å². The Morgan fingerprint density at radius 2 is 2.11 bits per heavy atom. The van der Waals surface area contributed by atoms with Gasteiger partial charge in [0.1, 0.15) is 4.88 Å². The van der Waals surface area contributed by atoms with Crippen LogP contribution < -0.4 is 5.32 Å². The topological polar surface area (TPSA) is 92.2 Å². The van der Waals surface area contributed by atoms with Gasteiger partial charge >= 0.3 is 5.97 Å². The van der Waals surface area contributed by atoms with Gasteiger partial charge in [-0.2, -0.15) is 0 Å². The molecule has 1 aromatic rings. The molecule has 1 rings (SSSR count). The van der Waals surface area contributed by atoms with Gasteiger partial charge in [0.15, 0.2) is 0 Å². The van der Waals surface area contributed by atoms with Crippen molar-refractivity contribution >= 4 is 23.4 Å². The first-order chi connectivity index (χ1) is 8.52. The Morgan fingerprint density at radius 3 is 2.72 bits per heavy atom. The highest BCUT2D eigenvalue weighted by molar-refractivity contribution is 7.08. The van der Waals surface area contributed by atoms with E-state index in [2.05, 4.69) is 14.9 Å². The number of aromatic nitrogens is 2. The van der Waals surface area contributed by atoms with E-state index >= 15 is 0 Å². The molecular formula is C11H17N3O3S. The first-order valence-electron chi connectivity index (χ1n) is 5.84. The highest BCUT2D eigenvalue weighted by Crippen LogP contribution is 2.19. The van der Waals surface area contributed by atoms with Crippen LogP contribution in [0.4, 0.5) is 0 Å². The predicted molar refractivity (Wildman–Crippen MR) is 67.8 cm³/mol. The Labute approximate surface area is 110 Å². The van der Waals surface area contributed by atoms with Crippen LogP contribution >= 0.6 is 11.5 Å². The van der Waals surface area contributed by atoms with Gasteiger partial charge in [0.25, 0.3) is 5.91 Å². The lowest BCUT2D eigenvalue weighted by Gasteiger charge is -2.05. The molecule has 1 amide bonds.